The molecule has 178 valence electrons. The van der Waals surface area contributed by atoms with Gasteiger partial charge in [-0.2, -0.15) is 0 Å². The summed E-state index contributed by atoms with van der Waals surface area (Å²) in [5.41, 5.74) is 2.63. The number of anilines is 1. The van der Waals surface area contributed by atoms with E-state index < -0.39 is 11.7 Å². The summed E-state index contributed by atoms with van der Waals surface area (Å²) in [7, 11) is 0. The number of amides is 2. The van der Waals surface area contributed by atoms with Crippen molar-refractivity contribution < 1.29 is 19.1 Å². The van der Waals surface area contributed by atoms with Gasteiger partial charge in [-0.3, -0.25) is 14.5 Å². The third-order valence-electron chi connectivity index (χ3n) is 5.96. The number of fused-ring (bicyclic) bond motifs is 1. The summed E-state index contributed by atoms with van der Waals surface area (Å²) in [5, 5.41) is 6.25. The van der Waals surface area contributed by atoms with Crippen LogP contribution in [0.2, 0.25) is 0 Å². The first-order valence-electron chi connectivity index (χ1n) is 11.6. The van der Waals surface area contributed by atoms with E-state index in [0.717, 1.165) is 31.5 Å². The molecular formula is C27H31N3O4. The minimum Gasteiger partial charge on any atom is -0.443 e. The van der Waals surface area contributed by atoms with Crippen molar-refractivity contribution >= 4 is 34.7 Å². The summed E-state index contributed by atoms with van der Waals surface area (Å²) in [6, 6.07) is 14.5. The highest BCUT2D eigenvalue weighted by Gasteiger charge is 2.38. The molecule has 2 aromatic carbocycles. The van der Waals surface area contributed by atoms with Gasteiger partial charge in [0.05, 0.1) is 11.3 Å². The largest absolute Gasteiger partial charge is 0.443 e. The summed E-state index contributed by atoms with van der Waals surface area (Å²) in [6.45, 7) is 8.51. The molecule has 0 saturated carbocycles. The topological polar surface area (TPSA) is 87.7 Å². The Hall–Kier alpha value is -3.45. The molecule has 7 heteroatoms. The molecule has 0 aromatic heterocycles. The van der Waals surface area contributed by atoms with Crippen LogP contribution in [0.1, 0.15) is 62.0 Å². The summed E-state index contributed by atoms with van der Waals surface area (Å²) in [5.74, 6) is -0.401. The number of nitrogens with one attached hydrogen (secondary N) is 2. The molecule has 1 saturated heterocycles. The first-order valence-corrected chi connectivity index (χ1v) is 11.6. The van der Waals surface area contributed by atoms with Gasteiger partial charge in [-0.25, -0.2) is 4.79 Å². The normalized spacial score (nSPS) is 17.6. The van der Waals surface area contributed by atoms with Crippen molar-refractivity contribution in [3.8, 4) is 0 Å². The molecule has 2 aliphatic heterocycles. The Morgan fingerprint density at radius 3 is 2.29 bits per heavy atom. The predicted octanol–water partition coefficient (Wildman–Crippen LogP) is 4.70. The van der Waals surface area contributed by atoms with Gasteiger partial charge >= 0.3 is 6.09 Å². The maximum atomic E-state index is 13.7. The average Bonchev–Trinajstić information content (AvgIpc) is 3.11. The van der Waals surface area contributed by atoms with E-state index in [1.54, 1.807) is 23.1 Å². The molecule has 2 N–H and O–H groups in total. The zero-order valence-corrected chi connectivity index (χ0v) is 20.1. The molecule has 2 heterocycles. The molecule has 0 unspecified atom stereocenters. The summed E-state index contributed by atoms with van der Waals surface area (Å²) < 4.78 is 5.85. The lowest BCUT2D eigenvalue weighted by atomic mass is 9.95. The first kappa shape index (κ1) is 23.7. The van der Waals surface area contributed by atoms with Crippen molar-refractivity contribution in [1.82, 2.24) is 10.2 Å². The van der Waals surface area contributed by atoms with Crippen LogP contribution >= 0.6 is 0 Å². The van der Waals surface area contributed by atoms with Crippen molar-refractivity contribution in [3.63, 3.8) is 0 Å². The van der Waals surface area contributed by atoms with Gasteiger partial charge in [0.2, 0.25) is 0 Å². The molecular weight excluding hydrogens is 430 g/mol. The van der Waals surface area contributed by atoms with Crippen LogP contribution in [0.15, 0.2) is 48.5 Å². The van der Waals surface area contributed by atoms with Crippen molar-refractivity contribution in [2.75, 3.05) is 18.4 Å². The second kappa shape index (κ2) is 9.43. The summed E-state index contributed by atoms with van der Waals surface area (Å²) in [6.07, 6.45) is 0.963. The third kappa shape index (κ3) is 4.89. The first-order chi connectivity index (χ1) is 16.2. The number of piperidine rings is 1. The van der Waals surface area contributed by atoms with Crippen LogP contribution in [0, 0.1) is 0 Å². The lowest BCUT2D eigenvalue weighted by Crippen LogP contribution is -2.47. The number of hydrogen-bond donors (Lipinski definition) is 2. The van der Waals surface area contributed by atoms with Crippen LogP contribution in [0.5, 0.6) is 0 Å². The number of ketones is 1. The smallest absolute Gasteiger partial charge is 0.415 e. The summed E-state index contributed by atoms with van der Waals surface area (Å²) in [4.78, 5) is 40.8. The zero-order chi connectivity index (χ0) is 24.5. The number of carbonyl (C=O) groups is 3. The number of rotatable bonds is 4. The molecule has 0 aliphatic carbocycles. The maximum absolute atomic E-state index is 13.7. The molecule has 7 nitrogen and oxygen atoms in total. The third-order valence-corrected chi connectivity index (χ3v) is 5.96. The number of hydrogen-bond acceptors (Lipinski definition) is 5. The van der Waals surface area contributed by atoms with Crippen molar-refractivity contribution in [3.05, 3.63) is 65.2 Å². The van der Waals surface area contributed by atoms with E-state index in [4.69, 9.17) is 4.74 Å². The quantitative estimate of drug-likeness (QED) is 0.509. The molecule has 2 aliphatic rings. The maximum Gasteiger partial charge on any atom is 0.415 e. The van der Waals surface area contributed by atoms with Crippen LogP contribution in [-0.2, 0) is 9.53 Å². The molecule has 0 spiro atoms. The van der Waals surface area contributed by atoms with E-state index >= 15 is 0 Å². The monoisotopic (exact) mass is 461 g/mol. The SMILES string of the molecule is CC(=O)c1ccc2c(c1)C(=C(c1ccccc1)N(C(=O)OC(C)(C)C)C1CCNCC1)C(=O)N2. The molecule has 34 heavy (non-hydrogen) atoms. The zero-order valence-electron chi connectivity index (χ0n) is 20.1. The fraction of sp³-hybridized carbons (Fsp3) is 0.370. The Labute approximate surface area is 200 Å². The predicted molar refractivity (Wildman–Crippen MR) is 132 cm³/mol. The number of benzene rings is 2. The van der Waals surface area contributed by atoms with E-state index in [2.05, 4.69) is 10.6 Å². The number of ether oxygens (including phenoxy) is 1. The standard InChI is InChI=1S/C27H31N3O4/c1-17(31)19-10-11-22-21(16-19)23(25(32)29-22)24(18-8-6-5-7-9-18)30(20-12-14-28-15-13-20)26(33)34-27(2,3)4/h5-11,16,20,28H,12-15H2,1-4H3,(H,29,32). The van der Waals surface area contributed by atoms with Crippen LogP contribution in [0.4, 0.5) is 10.5 Å². The van der Waals surface area contributed by atoms with Crippen LogP contribution < -0.4 is 10.6 Å². The van der Waals surface area contributed by atoms with Crippen molar-refractivity contribution in [2.45, 2.75) is 52.2 Å². The molecule has 2 aromatic rings. The van der Waals surface area contributed by atoms with Gasteiger partial charge in [-0.1, -0.05) is 30.3 Å². The Bertz CT molecular complexity index is 1140. The average molecular weight is 462 g/mol. The minimum absolute atomic E-state index is 0.0925. The van der Waals surface area contributed by atoms with Crippen LogP contribution in [-0.4, -0.2) is 47.4 Å². The molecule has 0 radical (unpaired) electrons. The highest BCUT2D eigenvalue weighted by Crippen LogP contribution is 2.41. The van der Waals surface area contributed by atoms with Gasteiger partial charge < -0.3 is 15.4 Å². The van der Waals surface area contributed by atoms with Gasteiger partial charge in [0.25, 0.3) is 5.91 Å². The Kier molecular flexibility index (Phi) is 6.57. The fourth-order valence-electron chi connectivity index (χ4n) is 4.42. The Morgan fingerprint density at radius 1 is 1.00 bits per heavy atom. The van der Waals surface area contributed by atoms with E-state index in [-0.39, 0.29) is 17.7 Å². The Balaban J connectivity index is 1.98. The summed E-state index contributed by atoms with van der Waals surface area (Å²) >= 11 is 0. The van der Waals surface area contributed by atoms with Gasteiger partial charge in [0.1, 0.15) is 5.60 Å². The number of Topliss-reactive ketones (excluding diaryl/α,β-unsaturated/α-hetero) is 1. The van der Waals surface area contributed by atoms with E-state index in [1.165, 1.54) is 6.92 Å². The van der Waals surface area contributed by atoms with E-state index in [0.29, 0.717) is 28.1 Å². The van der Waals surface area contributed by atoms with Gasteiger partial charge in [0, 0.05) is 22.9 Å². The molecule has 0 atom stereocenters. The van der Waals surface area contributed by atoms with E-state index in [1.807, 2.05) is 51.1 Å². The number of nitrogens with zero attached hydrogens (tertiary/aromatic N) is 1. The Morgan fingerprint density at radius 2 is 1.68 bits per heavy atom. The van der Waals surface area contributed by atoms with Gasteiger partial charge in [-0.05, 0) is 77.4 Å². The molecule has 1 fully saturated rings. The minimum atomic E-state index is -0.702. The second-order valence-electron chi connectivity index (χ2n) is 9.69. The molecule has 4 rings (SSSR count). The molecule has 0 bridgehead atoms. The van der Waals surface area contributed by atoms with Gasteiger partial charge in [-0.15, -0.1) is 0 Å². The van der Waals surface area contributed by atoms with Crippen LogP contribution in [0.3, 0.4) is 0 Å². The van der Waals surface area contributed by atoms with E-state index in [9.17, 15) is 14.4 Å². The second-order valence-corrected chi connectivity index (χ2v) is 9.69. The van der Waals surface area contributed by atoms with Gasteiger partial charge in [0.15, 0.2) is 5.78 Å². The molecule has 2 amide bonds. The fourth-order valence-corrected chi connectivity index (χ4v) is 4.42. The van der Waals surface area contributed by atoms with Crippen molar-refractivity contribution in [2.24, 2.45) is 0 Å². The number of carbonyl (C=O) groups excluding carboxylic acids is 3. The highest BCUT2D eigenvalue weighted by atomic mass is 16.6. The lowest BCUT2D eigenvalue weighted by molar-refractivity contribution is -0.110. The highest BCUT2D eigenvalue weighted by molar-refractivity contribution is 6.37. The lowest BCUT2D eigenvalue weighted by Gasteiger charge is -2.38. The van der Waals surface area contributed by atoms with Crippen molar-refractivity contribution in [1.29, 1.82) is 0 Å². The van der Waals surface area contributed by atoms with Crippen LogP contribution in [0.25, 0.3) is 11.3 Å².